The van der Waals surface area contributed by atoms with Crippen LogP contribution in [0, 0.1) is 5.92 Å². The molecule has 0 aromatic rings. The molecule has 78 valence electrons. The summed E-state index contributed by atoms with van der Waals surface area (Å²) in [6.07, 6.45) is 2.95. The maximum absolute atomic E-state index is 5.50. The van der Waals surface area contributed by atoms with Crippen molar-refractivity contribution >= 4 is 0 Å². The zero-order valence-electron chi connectivity index (χ0n) is 8.88. The quantitative estimate of drug-likeness (QED) is 0.646. The maximum atomic E-state index is 5.50. The first-order valence-corrected chi connectivity index (χ1v) is 5.08. The van der Waals surface area contributed by atoms with Crippen LogP contribution in [0.1, 0.15) is 19.8 Å². The van der Waals surface area contributed by atoms with Gasteiger partial charge in [0.25, 0.3) is 0 Å². The van der Waals surface area contributed by atoms with Crippen LogP contribution in [-0.2, 0) is 9.47 Å². The molecule has 0 radical (unpaired) electrons. The van der Waals surface area contributed by atoms with E-state index in [2.05, 4.69) is 12.2 Å². The highest BCUT2D eigenvalue weighted by molar-refractivity contribution is 4.89. The summed E-state index contributed by atoms with van der Waals surface area (Å²) in [6, 6.07) is 0.354. The highest BCUT2D eigenvalue weighted by Crippen LogP contribution is 2.35. The van der Waals surface area contributed by atoms with Crippen LogP contribution in [-0.4, -0.2) is 39.5 Å². The van der Waals surface area contributed by atoms with Crippen LogP contribution < -0.4 is 5.32 Å². The summed E-state index contributed by atoms with van der Waals surface area (Å²) >= 11 is 0. The first-order chi connectivity index (χ1) is 6.33. The third-order valence-electron chi connectivity index (χ3n) is 2.57. The van der Waals surface area contributed by atoms with Crippen LogP contribution in [0.5, 0.6) is 0 Å². The summed E-state index contributed by atoms with van der Waals surface area (Å²) in [5.74, 6) is 0.754. The van der Waals surface area contributed by atoms with E-state index in [-0.39, 0.29) is 0 Å². The second kappa shape index (κ2) is 5.58. The van der Waals surface area contributed by atoms with Crippen molar-refractivity contribution in [3.05, 3.63) is 0 Å². The summed E-state index contributed by atoms with van der Waals surface area (Å²) in [4.78, 5) is 0. The Kier molecular flexibility index (Phi) is 4.70. The number of likely N-dealkylation sites (N-methyl/N-ethyl adjacent to an activating group) is 1. The lowest BCUT2D eigenvalue weighted by Crippen LogP contribution is -2.45. The summed E-state index contributed by atoms with van der Waals surface area (Å²) in [5.41, 5.74) is 0. The second-order valence-electron chi connectivity index (χ2n) is 3.66. The summed E-state index contributed by atoms with van der Waals surface area (Å²) in [7, 11) is 3.53. The SMILES string of the molecule is CCNC(COC)C(OC)C1CC1. The zero-order valence-corrected chi connectivity index (χ0v) is 8.88. The van der Waals surface area contributed by atoms with Gasteiger partial charge in [-0.25, -0.2) is 0 Å². The van der Waals surface area contributed by atoms with Crippen molar-refractivity contribution in [2.75, 3.05) is 27.4 Å². The minimum Gasteiger partial charge on any atom is -0.383 e. The van der Waals surface area contributed by atoms with Crippen molar-refractivity contribution in [3.63, 3.8) is 0 Å². The van der Waals surface area contributed by atoms with E-state index in [1.807, 2.05) is 0 Å². The third kappa shape index (κ3) is 3.25. The van der Waals surface area contributed by atoms with Gasteiger partial charge in [0.1, 0.15) is 0 Å². The molecule has 0 amide bonds. The van der Waals surface area contributed by atoms with Crippen molar-refractivity contribution in [3.8, 4) is 0 Å². The van der Waals surface area contributed by atoms with E-state index >= 15 is 0 Å². The van der Waals surface area contributed by atoms with Gasteiger partial charge in [-0.15, -0.1) is 0 Å². The first kappa shape index (κ1) is 11.0. The predicted octanol–water partition coefficient (Wildman–Crippen LogP) is 1.04. The van der Waals surface area contributed by atoms with Crippen LogP contribution in [0.3, 0.4) is 0 Å². The molecule has 1 rings (SSSR count). The van der Waals surface area contributed by atoms with Gasteiger partial charge < -0.3 is 14.8 Å². The molecule has 0 bridgehead atoms. The van der Waals surface area contributed by atoms with Crippen LogP contribution in [0.25, 0.3) is 0 Å². The van der Waals surface area contributed by atoms with E-state index in [4.69, 9.17) is 9.47 Å². The molecule has 1 N–H and O–H groups in total. The molecule has 1 saturated carbocycles. The number of methoxy groups -OCH3 is 2. The van der Waals surface area contributed by atoms with Gasteiger partial charge in [0.15, 0.2) is 0 Å². The van der Waals surface area contributed by atoms with Gasteiger partial charge in [-0.05, 0) is 25.3 Å². The fraction of sp³-hybridized carbons (Fsp3) is 1.00. The van der Waals surface area contributed by atoms with Gasteiger partial charge in [-0.3, -0.25) is 0 Å². The number of ether oxygens (including phenoxy) is 2. The molecule has 3 nitrogen and oxygen atoms in total. The van der Waals surface area contributed by atoms with Crippen LogP contribution in [0.15, 0.2) is 0 Å². The average molecular weight is 187 g/mol. The predicted molar refractivity (Wildman–Crippen MR) is 52.9 cm³/mol. The summed E-state index contributed by atoms with van der Waals surface area (Å²) in [5, 5.41) is 3.41. The minimum absolute atomic E-state index is 0.333. The van der Waals surface area contributed by atoms with E-state index in [1.165, 1.54) is 12.8 Å². The lowest BCUT2D eigenvalue weighted by atomic mass is 10.1. The maximum Gasteiger partial charge on any atom is 0.0774 e. The van der Waals surface area contributed by atoms with Crippen molar-refractivity contribution in [1.29, 1.82) is 0 Å². The van der Waals surface area contributed by atoms with Crippen molar-refractivity contribution in [1.82, 2.24) is 5.32 Å². The van der Waals surface area contributed by atoms with E-state index in [0.29, 0.717) is 12.1 Å². The summed E-state index contributed by atoms with van der Waals surface area (Å²) in [6.45, 7) is 3.83. The standard InChI is InChI=1S/C10H21NO2/c1-4-11-9(7-12-2)10(13-3)8-5-6-8/h8-11H,4-7H2,1-3H3. The molecule has 1 aliphatic rings. The normalized spacial score (nSPS) is 21.5. The van der Waals surface area contributed by atoms with Gasteiger partial charge in [0, 0.05) is 14.2 Å². The number of hydrogen-bond acceptors (Lipinski definition) is 3. The van der Waals surface area contributed by atoms with Crippen molar-refractivity contribution < 1.29 is 9.47 Å². The Labute approximate surface area is 80.8 Å². The average Bonchev–Trinajstić information content (AvgIpc) is 2.90. The molecule has 13 heavy (non-hydrogen) atoms. The van der Waals surface area contributed by atoms with Crippen molar-refractivity contribution in [2.24, 2.45) is 5.92 Å². The smallest absolute Gasteiger partial charge is 0.0774 e. The lowest BCUT2D eigenvalue weighted by Gasteiger charge is -2.26. The Hall–Kier alpha value is -0.120. The number of rotatable bonds is 7. The largest absolute Gasteiger partial charge is 0.383 e. The molecule has 0 spiro atoms. The van der Waals surface area contributed by atoms with Crippen LogP contribution >= 0.6 is 0 Å². The molecule has 0 aromatic carbocycles. The Morgan fingerprint density at radius 2 is 2.08 bits per heavy atom. The minimum atomic E-state index is 0.333. The second-order valence-corrected chi connectivity index (χ2v) is 3.66. The highest BCUT2D eigenvalue weighted by Gasteiger charge is 2.36. The molecule has 0 aliphatic heterocycles. The molecule has 0 heterocycles. The molecule has 3 heteroatoms. The molecule has 1 aliphatic carbocycles. The molecular formula is C10H21NO2. The van der Waals surface area contributed by atoms with Gasteiger partial charge in [0.05, 0.1) is 18.8 Å². The van der Waals surface area contributed by atoms with Crippen LogP contribution in [0.2, 0.25) is 0 Å². The Morgan fingerprint density at radius 3 is 2.46 bits per heavy atom. The van der Waals surface area contributed by atoms with Gasteiger partial charge >= 0.3 is 0 Å². The fourth-order valence-corrected chi connectivity index (χ4v) is 1.82. The molecule has 1 fully saturated rings. The van der Waals surface area contributed by atoms with E-state index in [1.54, 1.807) is 14.2 Å². The van der Waals surface area contributed by atoms with Gasteiger partial charge in [-0.2, -0.15) is 0 Å². The van der Waals surface area contributed by atoms with E-state index in [9.17, 15) is 0 Å². The Bertz CT molecular complexity index is 131. The lowest BCUT2D eigenvalue weighted by molar-refractivity contribution is 0.0215. The Morgan fingerprint density at radius 1 is 1.38 bits per heavy atom. The highest BCUT2D eigenvalue weighted by atomic mass is 16.5. The molecule has 0 aromatic heterocycles. The number of hydrogen-bond donors (Lipinski definition) is 1. The van der Waals surface area contributed by atoms with Gasteiger partial charge in [0.2, 0.25) is 0 Å². The molecular weight excluding hydrogens is 166 g/mol. The van der Waals surface area contributed by atoms with E-state index in [0.717, 1.165) is 19.1 Å². The molecule has 0 saturated heterocycles. The Balaban J connectivity index is 2.38. The van der Waals surface area contributed by atoms with E-state index < -0.39 is 0 Å². The van der Waals surface area contributed by atoms with Crippen LogP contribution in [0.4, 0.5) is 0 Å². The first-order valence-electron chi connectivity index (χ1n) is 5.08. The molecule has 2 atom stereocenters. The zero-order chi connectivity index (χ0) is 9.68. The monoisotopic (exact) mass is 187 g/mol. The third-order valence-corrected chi connectivity index (χ3v) is 2.57. The van der Waals surface area contributed by atoms with Gasteiger partial charge in [-0.1, -0.05) is 6.92 Å². The topological polar surface area (TPSA) is 30.5 Å². The summed E-state index contributed by atoms with van der Waals surface area (Å²) < 4.78 is 10.7. The number of nitrogens with one attached hydrogen (secondary N) is 1. The fourth-order valence-electron chi connectivity index (χ4n) is 1.82. The molecule has 2 unspecified atom stereocenters. The van der Waals surface area contributed by atoms with Crippen molar-refractivity contribution in [2.45, 2.75) is 31.9 Å².